The highest BCUT2D eigenvalue weighted by Gasteiger charge is 2.37. The molecule has 0 aromatic heterocycles. The largest absolute Gasteiger partial charge is 0.329 e. The van der Waals surface area contributed by atoms with Crippen LogP contribution < -0.4 is 10.0 Å². The normalized spacial score (nSPS) is 23.0. The standard InChI is InChI=1S/C12H18N2O2S/c1-9-5-10(2)7-11(6-9)14-4-3-12(8-13)17(14,15)16/h5-7,12H,3-4,8,13H2,1-2H3. The molecule has 2 rings (SSSR count). The first-order valence-corrected chi connectivity index (χ1v) is 7.25. The second kappa shape index (κ2) is 4.31. The van der Waals surface area contributed by atoms with Gasteiger partial charge in [0.1, 0.15) is 0 Å². The first kappa shape index (κ1) is 12.4. The molecule has 1 saturated heterocycles. The predicted molar refractivity (Wildman–Crippen MR) is 69.6 cm³/mol. The molecular formula is C12H18N2O2S. The lowest BCUT2D eigenvalue weighted by molar-refractivity contribution is 0.588. The molecule has 1 aliphatic rings. The van der Waals surface area contributed by atoms with E-state index in [9.17, 15) is 8.42 Å². The van der Waals surface area contributed by atoms with Gasteiger partial charge in [0, 0.05) is 13.1 Å². The summed E-state index contributed by atoms with van der Waals surface area (Å²) >= 11 is 0. The zero-order valence-corrected chi connectivity index (χ0v) is 11.0. The molecule has 5 heteroatoms. The molecule has 1 aliphatic heterocycles. The molecule has 1 fully saturated rings. The third kappa shape index (κ3) is 2.17. The van der Waals surface area contributed by atoms with E-state index in [1.54, 1.807) is 0 Å². The fraction of sp³-hybridized carbons (Fsp3) is 0.500. The zero-order valence-electron chi connectivity index (χ0n) is 10.2. The monoisotopic (exact) mass is 254 g/mol. The van der Waals surface area contributed by atoms with Crippen molar-refractivity contribution in [3.05, 3.63) is 29.3 Å². The number of rotatable bonds is 2. The summed E-state index contributed by atoms with van der Waals surface area (Å²) in [5, 5.41) is -0.427. The Balaban J connectivity index is 2.42. The minimum absolute atomic E-state index is 0.198. The van der Waals surface area contributed by atoms with Gasteiger partial charge in [0.2, 0.25) is 10.0 Å². The molecule has 0 amide bonds. The van der Waals surface area contributed by atoms with E-state index in [0.29, 0.717) is 13.0 Å². The van der Waals surface area contributed by atoms with Crippen molar-refractivity contribution in [1.82, 2.24) is 0 Å². The Morgan fingerprint density at radius 1 is 1.29 bits per heavy atom. The molecular weight excluding hydrogens is 236 g/mol. The van der Waals surface area contributed by atoms with Gasteiger partial charge >= 0.3 is 0 Å². The number of nitrogens with zero attached hydrogens (tertiary/aromatic N) is 1. The fourth-order valence-corrected chi connectivity index (χ4v) is 4.09. The van der Waals surface area contributed by atoms with Crippen molar-refractivity contribution in [2.45, 2.75) is 25.5 Å². The Bertz CT molecular complexity index is 505. The van der Waals surface area contributed by atoms with Crippen molar-refractivity contribution in [1.29, 1.82) is 0 Å². The number of sulfonamides is 1. The van der Waals surface area contributed by atoms with Gasteiger partial charge in [-0.25, -0.2) is 8.42 Å². The van der Waals surface area contributed by atoms with Gasteiger partial charge in [-0.3, -0.25) is 4.31 Å². The highest BCUT2D eigenvalue weighted by molar-refractivity contribution is 7.93. The number of anilines is 1. The Kier molecular flexibility index (Phi) is 3.14. The second-order valence-electron chi connectivity index (χ2n) is 4.61. The fourth-order valence-electron chi connectivity index (χ4n) is 2.33. The molecule has 1 aromatic rings. The minimum atomic E-state index is -3.26. The third-order valence-corrected chi connectivity index (χ3v) is 5.42. The van der Waals surface area contributed by atoms with Crippen LogP contribution in [0.25, 0.3) is 0 Å². The maximum Gasteiger partial charge on any atom is 0.239 e. The van der Waals surface area contributed by atoms with Gasteiger partial charge in [-0.05, 0) is 43.5 Å². The SMILES string of the molecule is Cc1cc(C)cc(N2CCC(CN)S2(=O)=O)c1. The Hall–Kier alpha value is -1.07. The first-order valence-electron chi connectivity index (χ1n) is 5.75. The van der Waals surface area contributed by atoms with Crippen LogP contribution in [-0.4, -0.2) is 26.8 Å². The molecule has 2 N–H and O–H groups in total. The molecule has 1 aromatic carbocycles. The minimum Gasteiger partial charge on any atom is -0.329 e. The lowest BCUT2D eigenvalue weighted by atomic mass is 10.1. The van der Waals surface area contributed by atoms with Crippen LogP contribution in [0.4, 0.5) is 5.69 Å². The number of hydrogen-bond acceptors (Lipinski definition) is 3. The van der Waals surface area contributed by atoms with Crippen LogP contribution in [0.5, 0.6) is 0 Å². The first-order chi connectivity index (χ1) is 7.95. The van der Waals surface area contributed by atoms with E-state index in [2.05, 4.69) is 0 Å². The van der Waals surface area contributed by atoms with E-state index in [0.717, 1.165) is 16.8 Å². The van der Waals surface area contributed by atoms with Gasteiger partial charge < -0.3 is 5.73 Å². The van der Waals surface area contributed by atoms with Gasteiger partial charge in [0.15, 0.2) is 0 Å². The van der Waals surface area contributed by atoms with Crippen LogP contribution in [0.3, 0.4) is 0 Å². The zero-order chi connectivity index (χ0) is 12.6. The van der Waals surface area contributed by atoms with Crippen LogP contribution in [0.2, 0.25) is 0 Å². The Morgan fingerprint density at radius 2 is 1.88 bits per heavy atom. The topological polar surface area (TPSA) is 63.4 Å². The van der Waals surface area contributed by atoms with Gasteiger partial charge in [0.25, 0.3) is 0 Å². The van der Waals surface area contributed by atoms with E-state index in [-0.39, 0.29) is 6.54 Å². The summed E-state index contributed by atoms with van der Waals surface area (Å²) in [5.41, 5.74) is 8.42. The number of nitrogens with two attached hydrogens (primary N) is 1. The average molecular weight is 254 g/mol. The van der Waals surface area contributed by atoms with E-state index in [1.165, 1.54) is 4.31 Å². The molecule has 1 unspecified atom stereocenters. The molecule has 1 heterocycles. The molecule has 17 heavy (non-hydrogen) atoms. The average Bonchev–Trinajstić information content (AvgIpc) is 2.51. The molecule has 4 nitrogen and oxygen atoms in total. The number of hydrogen-bond donors (Lipinski definition) is 1. The maximum atomic E-state index is 12.2. The second-order valence-corrected chi connectivity index (χ2v) is 6.75. The lowest BCUT2D eigenvalue weighted by Gasteiger charge is -2.19. The number of benzene rings is 1. The summed E-state index contributed by atoms with van der Waals surface area (Å²) in [4.78, 5) is 0. The van der Waals surface area contributed by atoms with Crippen LogP contribution in [-0.2, 0) is 10.0 Å². The molecule has 0 aliphatic carbocycles. The lowest BCUT2D eigenvalue weighted by Crippen LogP contribution is -2.33. The van der Waals surface area contributed by atoms with E-state index < -0.39 is 15.3 Å². The number of aryl methyl sites for hydroxylation is 2. The van der Waals surface area contributed by atoms with Crippen LogP contribution in [0.15, 0.2) is 18.2 Å². The van der Waals surface area contributed by atoms with Gasteiger partial charge in [-0.2, -0.15) is 0 Å². The van der Waals surface area contributed by atoms with Crippen LogP contribution in [0, 0.1) is 13.8 Å². The predicted octanol–water partition coefficient (Wildman–Crippen LogP) is 1.17. The van der Waals surface area contributed by atoms with E-state index in [1.807, 2.05) is 32.0 Å². The summed E-state index contributed by atoms with van der Waals surface area (Å²) in [6.45, 7) is 4.68. The van der Waals surface area contributed by atoms with Crippen molar-refractivity contribution >= 4 is 15.7 Å². The van der Waals surface area contributed by atoms with Crippen molar-refractivity contribution in [3.8, 4) is 0 Å². The maximum absolute atomic E-state index is 12.2. The summed E-state index contributed by atoms with van der Waals surface area (Å²) in [7, 11) is -3.26. The Labute approximate surface area is 102 Å². The van der Waals surface area contributed by atoms with Crippen LogP contribution in [0.1, 0.15) is 17.5 Å². The Morgan fingerprint density at radius 3 is 2.35 bits per heavy atom. The molecule has 0 saturated carbocycles. The van der Waals surface area contributed by atoms with Crippen molar-refractivity contribution < 1.29 is 8.42 Å². The molecule has 0 spiro atoms. The van der Waals surface area contributed by atoms with Crippen molar-refractivity contribution in [3.63, 3.8) is 0 Å². The smallest absolute Gasteiger partial charge is 0.239 e. The van der Waals surface area contributed by atoms with E-state index in [4.69, 9.17) is 5.73 Å². The third-order valence-electron chi connectivity index (χ3n) is 3.14. The van der Waals surface area contributed by atoms with Crippen LogP contribution >= 0.6 is 0 Å². The summed E-state index contributed by atoms with van der Waals surface area (Å²) < 4.78 is 25.9. The van der Waals surface area contributed by atoms with Gasteiger partial charge in [-0.1, -0.05) is 6.07 Å². The molecule has 94 valence electrons. The van der Waals surface area contributed by atoms with Crippen molar-refractivity contribution in [2.75, 3.05) is 17.4 Å². The van der Waals surface area contributed by atoms with Crippen molar-refractivity contribution in [2.24, 2.45) is 5.73 Å². The van der Waals surface area contributed by atoms with Gasteiger partial charge in [0.05, 0.1) is 10.9 Å². The molecule has 0 radical (unpaired) electrons. The summed E-state index contributed by atoms with van der Waals surface area (Å²) in [5.74, 6) is 0. The quantitative estimate of drug-likeness (QED) is 0.861. The molecule has 1 atom stereocenters. The van der Waals surface area contributed by atoms with E-state index >= 15 is 0 Å². The summed E-state index contributed by atoms with van der Waals surface area (Å²) in [6, 6.07) is 5.85. The molecule has 0 bridgehead atoms. The summed E-state index contributed by atoms with van der Waals surface area (Å²) in [6.07, 6.45) is 0.617. The van der Waals surface area contributed by atoms with Gasteiger partial charge in [-0.15, -0.1) is 0 Å². The highest BCUT2D eigenvalue weighted by atomic mass is 32.2. The highest BCUT2D eigenvalue weighted by Crippen LogP contribution is 2.29.